The molecule has 1 aliphatic rings. The van der Waals surface area contributed by atoms with E-state index >= 15 is 0 Å². The van der Waals surface area contributed by atoms with Gasteiger partial charge >= 0.3 is 16.5 Å². The first-order valence-electron chi connectivity index (χ1n) is 44.9. The molecule has 3 heteroatoms. The van der Waals surface area contributed by atoms with E-state index < -0.39 is 0 Å². The number of rotatable bonds is 68. The first-order valence-corrected chi connectivity index (χ1v) is 44.9. The Hall–Kier alpha value is -1.99. The summed E-state index contributed by atoms with van der Waals surface area (Å²) in [7, 11) is 0. The SMILES string of the molecule is CCCCCCCCC1=C(c2cc(C)c(CCCCCCCC)c(C)c2)[N+](=[N-])C(c2cc(C)c(CCCCCCCC)c(C)c2)=C1CCCC.[CH2-]CCCCCCCCCCCCCCCCCCCCCCC.[CH2-]CCCCCCCCCCCCCCCCCCCCCCC.[Ni+2]. The van der Waals surface area contributed by atoms with Crippen molar-refractivity contribution in [3.8, 4) is 0 Å². The van der Waals surface area contributed by atoms with Crippen LogP contribution in [0.1, 0.15) is 510 Å². The van der Waals surface area contributed by atoms with Gasteiger partial charge in [0.2, 0.25) is 11.4 Å². The van der Waals surface area contributed by atoms with Crippen molar-refractivity contribution in [2.75, 3.05) is 0 Å². The van der Waals surface area contributed by atoms with Crippen LogP contribution in [0.5, 0.6) is 0 Å². The molecule has 0 aromatic heterocycles. The number of unbranched alkanes of at least 4 members (excludes halogenated alkanes) is 58. The predicted molar refractivity (Wildman–Crippen MR) is 446 cm³/mol. The summed E-state index contributed by atoms with van der Waals surface area (Å²) in [6.45, 7) is 30.8. The van der Waals surface area contributed by atoms with Crippen molar-refractivity contribution in [1.82, 2.24) is 0 Å². The van der Waals surface area contributed by atoms with Crippen molar-refractivity contribution in [2.45, 2.75) is 506 Å². The van der Waals surface area contributed by atoms with E-state index in [-0.39, 0.29) is 16.5 Å². The zero-order valence-corrected chi connectivity index (χ0v) is 70.0. The van der Waals surface area contributed by atoms with Crippen LogP contribution >= 0.6 is 0 Å². The van der Waals surface area contributed by atoms with Gasteiger partial charge in [-0.15, -0.1) is 0 Å². The maximum Gasteiger partial charge on any atom is 2.00 e. The molecule has 0 unspecified atom stereocenters. The molecule has 99 heavy (non-hydrogen) atoms. The minimum absolute atomic E-state index is 0. The van der Waals surface area contributed by atoms with Crippen LogP contribution in [0.2, 0.25) is 0 Å². The maximum absolute atomic E-state index is 12.4. The molecule has 0 aliphatic carbocycles. The van der Waals surface area contributed by atoms with E-state index in [0.29, 0.717) is 0 Å². The van der Waals surface area contributed by atoms with Crippen LogP contribution in [0.15, 0.2) is 35.4 Å². The summed E-state index contributed by atoms with van der Waals surface area (Å²) < 4.78 is 1.63. The Labute approximate surface area is 633 Å². The van der Waals surface area contributed by atoms with Gasteiger partial charge in [-0.05, 0) is 137 Å². The molecule has 0 spiro atoms. The molecule has 0 radical (unpaired) electrons. The van der Waals surface area contributed by atoms with Gasteiger partial charge in [0.05, 0.1) is 0 Å². The van der Waals surface area contributed by atoms with Crippen molar-refractivity contribution >= 4 is 11.4 Å². The fourth-order valence-corrected chi connectivity index (χ4v) is 15.7. The molecule has 1 aliphatic heterocycles. The average molecular weight is 1420 g/mol. The Kier molecular flexibility index (Phi) is 71.5. The smallest absolute Gasteiger partial charge is 0.493 e. The molecule has 0 bridgehead atoms. The Morgan fingerprint density at radius 3 is 0.586 bits per heavy atom. The number of nitrogens with zero attached hydrogens (tertiary/aromatic N) is 2. The first-order chi connectivity index (χ1) is 48.1. The summed E-state index contributed by atoms with van der Waals surface area (Å²) in [6, 6.07) is 9.55. The molecule has 0 amide bonds. The monoisotopic (exact) mass is 1410 g/mol. The largest absolute Gasteiger partial charge is 2.00 e. The minimum atomic E-state index is 0. The van der Waals surface area contributed by atoms with Crippen LogP contribution in [-0.2, 0) is 29.3 Å². The normalized spacial score (nSPS) is 12.2. The predicted octanol–water partition coefficient (Wildman–Crippen LogP) is 34.7. The summed E-state index contributed by atoms with van der Waals surface area (Å²) in [4.78, 5) is 0. The quantitative estimate of drug-likeness (QED) is 0.0273. The second-order valence-corrected chi connectivity index (χ2v) is 31.6. The summed E-state index contributed by atoms with van der Waals surface area (Å²) in [5, 5.41) is 0. The second kappa shape index (κ2) is 72.9. The molecule has 0 saturated carbocycles. The van der Waals surface area contributed by atoms with Crippen LogP contribution in [0, 0.1) is 41.5 Å². The van der Waals surface area contributed by atoms with Gasteiger partial charge in [0.25, 0.3) is 0 Å². The van der Waals surface area contributed by atoms with E-state index in [9.17, 15) is 5.53 Å². The van der Waals surface area contributed by atoms with Crippen LogP contribution < -0.4 is 0 Å². The van der Waals surface area contributed by atoms with E-state index in [0.717, 1.165) is 62.8 Å². The molecular formula is C96H174N2Ni. The average Bonchev–Trinajstić information content (AvgIpc) is 1.73. The number of allylic oxidation sites excluding steroid dienone is 2. The Balaban J connectivity index is 0.00000164. The van der Waals surface area contributed by atoms with Gasteiger partial charge in [0.1, 0.15) is 0 Å². The van der Waals surface area contributed by atoms with E-state index in [2.05, 4.69) is 107 Å². The molecule has 2 nitrogen and oxygen atoms in total. The third-order valence-electron chi connectivity index (χ3n) is 22.1. The first kappa shape index (κ1) is 97.0. The van der Waals surface area contributed by atoms with Crippen LogP contribution in [0.25, 0.3) is 16.9 Å². The zero-order valence-electron chi connectivity index (χ0n) is 69.0. The number of benzene rings is 2. The second-order valence-electron chi connectivity index (χ2n) is 31.6. The van der Waals surface area contributed by atoms with Crippen LogP contribution in [0.3, 0.4) is 0 Å². The van der Waals surface area contributed by atoms with Crippen molar-refractivity contribution in [1.29, 1.82) is 0 Å². The summed E-state index contributed by atoms with van der Waals surface area (Å²) in [5.41, 5.74) is 28.1. The topological polar surface area (TPSA) is 25.3 Å². The number of hydrogen-bond acceptors (Lipinski definition) is 0. The van der Waals surface area contributed by atoms with Crippen molar-refractivity contribution < 1.29 is 21.2 Å². The Bertz CT molecular complexity index is 2020. The van der Waals surface area contributed by atoms with Gasteiger partial charge in [-0.1, -0.05) is 414 Å². The Morgan fingerprint density at radius 1 is 0.232 bits per heavy atom. The van der Waals surface area contributed by atoms with Gasteiger partial charge in [0, 0.05) is 22.3 Å². The van der Waals surface area contributed by atoms with Crippen molar-refractivity contribution in [3.63, 3.8) is 0 Å². The van der Waals surface area contributed by atoms with Gasteiger partial charge in [-0.3, -0.25) is 0 Å². The summed E-state index contributed by atoms with van der Waals surface area (Å²) in [5.74, 6) is 0. The fraction of sp³-hybridized carbons (Fsp3) is 0.812. The minimum Gasteiger partial charge on any atom is -0.493 e. The molecule has 1 heterocycles. The van der Waals surface area contributed by atoms with Gasteiger partial charge in [-0.2, -0.15) is 12.8 Å². The van der Waals surface area contributed by atoms with Crippen LogP contribution in [0.4, 0.5) is 0 Å². The fourth-order valence-electron chi connectivity index (χ4n) is 15.7. The molecular weight excluding hydrogens is 1240 g/mol. The van der Waals surface area contributed by atoms with Gasteiger partial charge < -0.3 is 19.4 Å². The number of hydrogen-bond donors (Lipinski definition) is 0. The Morgan fingerprint density at radius 2 is 0.394 bits per heavy atom. The standard InChI is InChI=1S/C48H76N2.2C24H49.Ni/c1-9-13-17-20-23-26-30-43-37(5)33-41(34-38(43)6)47-45(29-16-12-4)46(32-28-25-22-19-15-11-3)48(50(47)49)42-35-39(7)44(40(8)36-42)31-27-24-21-18-14-10-2;2*1-3-5-7-9-11-13-15-17-19-21-23-24-22-20-18-16-14-12-10-8-6-4-2;/h33-36H,9-32H2,1-8H3;2*1,3-24H2,2H3;/q;2*-1;+2. The molecule has 2 aromatic carbocycles. The maximum atomic E-state index is 12.4. The van der Waals surface area contributed by atoms with Crippen molar-refractivity contribution in [2.24, 2.45) is 0 Å². The third kappa shape index (κ3) is 51.8. The van der Waals surface area contributed by atoms with E-state index in [4.69, 9.17) is 0 Å². The van der Waals surface area contributed by atoms with E-state index in [1.807, 2.05) is 0 Å². The molecule has 2 aromatic rings. The van der Waals surface area contributed by atoms with E-state index in [1.165, 1.54) is 441 Å². The molecule has 0 N–H and O–H groups in total. The molecule has 0 fully saturated rings. The van der Waals surface area contributed by atoms with Gasteiger partial charge in [0.15, 0.2) is 0 Å². The molecule has 3 rings (SSSR count). The van der Waals surface area contributed by atoms with E-state index in [1.54, 1.807) is 4.70 Å². The molecule has 0 saturated heterocycles. The van der Waals surface area contributed by atoms with Crippen molar-refractivity contribution in [3.05, 3.63) is 99.3 Å². The third-order valence-corrected chi connectivity index (χ3v) is 22.1. The molecule has 0 atom stereocenters. The van der Waals surface area contributed by atoms with Crippen LogP contribution in [-0.4, -0.2) is 4.70 Å². The summed E-state index contributed by atoms with van der Waals surface area (Å²) >= 11 is 0. The number of aryl methyl sites for hydroxylation is 4. The summed E-state index contributed by atoms with van der Waals surface area (Å²) in [6.07, 6.45) is 93.9. The van der Waals surface area contributed by atoms with Gasteiger partial charge in [-0.25, -0.2) is 4.70 Å². The zero-order chi connectivity index (χ0) is 71.4. The molecule has 578 valence electrons.